The number of carbonyl (C=O) groups is 3. The third-order valence-corrected chi connectivity index (χ3v) is 8.61. The number of carbonyl (C=O) groups excluding carboxylic acids is 2. The van der Waals surface area contributed by atoms with Crippen molar-refractivity contribution in [2.24, 2.45) is 17.3 Å². The summed E-state index contributed by atoms with van der Waals surface area (Å²) in [6, 6.07) is 4.62. The summed E-state index contributed by atoms with van der Waals surface area (Å²) >= 11 is 24.8. The van der Waals surface area contributed by atoms with Crippen molar-refractivity contribution in [2.75, 3.05) is 17.2 Å². The second kappa shape index (κ2) is 9.62. The number of anilines is 2. The zero-order valence-corrected chi connectivity index (χ0v) is 23.4. The molecule has 4 atom stereocenters. The number of fused-ring (bicyclic) bond motifs is 4. The fraction of sp³-hybridized carbons (Fsp3) is 0.400. The lowest BCUT2D eigenvalue weighted by Gasteiger charge is -2.37. The Hall–Kier alpha value is -2.37. The number of halogens is 6. The second-order valence-electron chi connectivity index (χ2n) is 10.6. The average Bonchev–Trinajstić information content (AvgIpc) is 3.37. The van der Waals surface area contributed by atoms with Crippen LogP contribution in [0.3, 0.4) is 0 Å². The normalized spacial score (nSPS) is 27.0. The third-order valence-electron chi connectivity index (χ3n) is 7.53. The highest BCUT2D eigenvalue weighted by atomic mass is 35.5. The molecule has 14 heteroatoms. The summed E-state index contributed by atoms with van der Waals surface area (Å²) < 4.78 is 29.8. The van der Waals surface area contributed by atoms with Gasteiger partial charge in [-0.25, -0.2) is 0 Å². The molecule has 208 valence electrons. The van der Waals surface area contributed by atoms with E-state index in [1.54, 1.807) is 4.90 Å². The molecule has 0 aromatic heterocycles. The highest BCUT2D eigenvalue weighted by Crippen LogP contribution is 2.61. The fourth-order valence-corrected chi connectivity index (χ4v) is 7.45. The number of carboxylic acid groups (broad SMARTS) is 1. The molecule has 2 fully saturated rings. The topological polar surface area (TPSA) is 108 Å². The highest BCUT2D eigenvalue weighted by molar-refractivity contribution is 6.38. The Kier molecular flexibility index (Phi) is 6.95. The van der Waals surface area contributed by atoms with Crippen LogP contribution in [0, 0.1) is 17.3 Å². The maximum atomic E-state index is 13.8. The van der Waals surface area contributed by atoms with E-state index < -0.39 is 53.6 Å². The Bertz CT molecular complexity index is 1400. The third kappa shape index (κ3) is 4.41. The summed E-state index contributed by atoms with van der Waals surface area (Å²) in [5.41, 5.74) is -1.57. The van der Waals surface area contributed by atoms with Crippen LogP contribution in [0.4, 0.5) is 20.2 Å². The van der Waals surface area contributed by atoms with Gasteiger partial charge in [-0.3, -0.25) is 19.3 Å². The lowest BCUT2D eigenvalue weighted by Crippen LogP contribution is -2.54. The molecule has 0 radical (unpaired) electrons. The van der Waals surface area contributed by atoms with E-state index in [2.05, 4.69) is 15.4 Å². The molecule has 0 saturated carbocycles. The SMILES string of the molecule is CC1(C)CC2C(C(=O)Nc3cc(Cl)c(OC(F)F)c(Cl)c3)C(C(=O)O)C3(C(=O)Nc4c(Cl)cc(Cl)cc43)N2C1. The van der Waals surface area contributed by atoms with Crippen LogP contribution in [0.5, 0.6) is 5.75 Å². The predicted molar refractivity (Wildman–Crippen MR) is 142 cm³/mol. The molecule has 0 aliphatic carbocycles. The van der Waals surface area contributed by atoms with Gasteiger partial charge in [0.2, 0.25) is 5.91 Å². The van der Waals surface area contributed by atoms with Gasteiger partial charge in [0.05, 0.1) is 26.7 Å². The minimum Gasteiger partial charge on any atom is -0.481 e. The minimum absolute atomic E-state index is 0.0351. The van der Waals surface area contributed by atoms with Crippen LogP contribution in [0.15, 0.2) is 24.3 Å². The lowest BCUT2D eigenvalue weighted by atomic mass is 9.72. The number of aliphatic carboxylic acids is 1. The van der Waals surface area contributed by atoms with Crippen LogP contribution in [-0.2, 0) is 19.9 Å². The van der Waals surface area contributed by atoms with Crippen molar-refractivity contribution in [3.8, 4) is 5.75 Å². The summed E-state index contributed by atoms with van der Waals surface area (Å²) in [4.78, 5) is 42.3. The summed E-state index contributed by atoms with van der Waals surface area (Å²) in [5, 5.41) is 15.6. The Morgan fingerprint density at radius 2 is 1.77 bits per heavy atom. The van der Waals surface area contributed by atoms with E-state index in [0.29, 0.717) is 13.0 Å². The van der Waals surface area contributed by atoms with Gasteiger partial charge in [-0.05, 0) is 36.1 Å². The Balaban J connectivity index is 1.61. The summed E-state index contributed by atoms with van der Waals surface area (Å²) in [6.07, 6.45) is 0.413. The van der Waals surface area contributed by atoms with E-state index in [9.17, 15) is 28.3 Å². The number of hydrogen-bond acceptors (Lipinski definition) is 5. The molecule has 5 rings (SSSR count). The standard InChI is InChI=1S/C25H21Cl4F2N3O5/c1-24(2)7-15-16(20(35)32-10-5-13(28)19(14(29)6-10)39-23(30)31)17(21(36)37)25(34(15)8-24)11-3-9(26)4-12(27)18(11)33-22(25)38/h3-6,15-17,23H,7-8H2,1-2H3,(H,32,35)(H,33,38)(H,36,37). The zero-order chi connectivity index (χ0) is 28.6. The molecular weight excluding hydrogens is 602 g/mol. The second-order valence-corrected chi connectivity index (χ2v) is 12.2. The van der Waals surface area contributed by atoms with Crippen LogP contribution in [0.25, 0.3) is 0 Å². The number of rotatable bonds is 5. The zero-order valence-electron chi connectivity index (χ0n) is 20.3. The Morgan fingerprint density at radius 3 is 2.36 bits per heavy atom. The molecule has 2 aromatic rings. The van der Waals surface area contributed by atoms with Crippen molar-refractivity contribution in [2.45, 2.75) is 38.5 Å². The van der Waals surface area contributed by atoms with Gasteiger partial charge >= 0.3 is 12.6 Å². The first kappa shape index (κ1) is 28.2. The Labute approximate surface area is 241 Å². The summed E-state index contributed by atoms with van der Waals surface area (Å²) in [5.74, 6) is -5.90. The molecular formula is C25H21Cl4F2N3O5. The van der Waals surface area contributed by atoms with Crippen molar-refractivity contribution in [1.29, 1.82) is 0 Å². The molecule has 3 N–H and O–H groups in total. The molecule has 4 unspecified atom stereocenters. The minimum atomic E-state index is -3.18. The molecule has 2 aromatic carbocycles. The number of ether oxygens (including phenoxy) is 1. The summed E-state index contributed by atoms with van der Waals surface area (Å²) in [7, 11) is 0. The number of nitrogens with zero attached hydrogens (tertiary/aromatic N) is 1. The molecule has 8 nitrogen and oxygen atoms in total. The number of alkyl halides is 2. The van der Waals surface area contributed by atoms with Gasteiger partial charge in [0.15, 0.2) is 5.75 Å². The van der Waals surface area contributed by atoms with Crippen molar-refractivity contribution in [3.63, 3.8) is 0 Å². The van der Waals surface area contributed by atoms with E-state index in [-0.39, 0.29) is 42.4 Å². The largest absolute Gasteiger partial charge is 0.481 e. The van der Waals surface area contributed by atoms with Crippen molar-refractivity contribution in [1.82, 2.24) is 4.90 Å². The van der Waals surface area contributed by atoms with Crippen LogP contribution >= 0.6 is 46.4 Å². The van der Waals surface area contributed by atoms with Gasteiger partial charge < -0.3 is 20.5 Å². The lowest BCUT2D eigenvalue weighted by molar-refractivity contribution is -0.152. The molecule has 0 bridgehead atoms. The smallest absolute Gasteiger partial charge is 0.387 e. The molecule has 2 amide bonds. The van der Waals surface area contributed by atoms with Gasteiger partial charge in [-0.1, -0.05) is 60.3 Å². The van der Waals surface area contributed by atoms with Crippen LogP contribution in [0.1, 0.15) is 25.8 Å². The fourth-order valence-electron chi connectivity index (χ4n) is 6.33. The van der Waals surface area contributed by atoms with Crippen molar-refractivity contribution in [3.05, 3.63) is 49.9 Å². The van der Waals surface area contributed by atoms with E-state index in [0.717, 1.165) is 12.1 Å². The molecule has 3 aliphatic rings. The van der Waals surface area contributed by atoms with Gasteiger partial charge in [-0.2, -0.15) is 8.78 Å². The quantitative estimate of drug-likeness (QED) is 0.371. The van der Waals surface area contributed by atoms with Gasteiger partial charge in [0, 0.05) is 28.9 Å². The first-order valence-electron chi connectivity index (χ1n) is 11.7. The Morgan fingerprint density at radius 1 is 1.13 bits per heavy atom. The first-order chi connectivity index (χ1) is 18.2. The van der Waals surface area contributed by atoms with Crippen LogP contribution in [-0.4, -0.2) is 47.0 Å². The molecule has 3 aliphatic heterocycles. The van der Waals surface area contributed by atoms with Crippen molar-refractivity contribution < 1.29 is 33.0 Å². The molecule has 39 heavy (non-hydrogen) atoms. The predicted octanol–water partition coefficient (Wildman–Crippen LogP) is 6.12. The first-order valence-corrected chi connectivity index (χ1v) is 13.2. The van der Waals surface area contributed by atoms with E-state index in [4.69, 9.17) is 46.4 Å². The van der Waals surface area contributed by atoms with Gasteiger partial charge in [0.25, 0.3) is 5.91 Å². The van der Waals surface area contributed by atoms with Crippen LogP contribution in [0.2, 0.25) is 20.1 Å². The van der Waals surface area contributed by atoms with Gasteiger partial charge in [-0.15, -0.1) is 0 Å². The number of amides is 2. The maximum absolute atomic E-state index is 13.8. The van der Waals surface area contributed by atoms with Gasteiger partial charge in [0.1, 0.15) is 11.5 Å². The van der Waals surface area contributed by atoms with Crippen LogP contribution < -0.4 is 15.4 Å². The maximum Gasteiger partial charge on any atom is 0.387 e. The number of hydrogen-bond donors (Lipinski definition) is 3. The average molecular weight is 623 g/mol. The molecule has 2 saturated heterocycles. The monoisotopic (exact) mass is 621 g/mol. The van der Waals surface area contributed by atoms with E-state index in [1.807, 2.05) is 13.8 Å². The highest BCUT2D eigenvalue weighted by Gasteiger charge is 2.73. The van der Waals surface area contributed by atoms with E-state index >= 15 is 0 Å². The molecule has 1 spiro atoms. The number of benzene rings is 2. The van der Waals surface area contributed by atoms with E-state index in [1.165, 1.54) is 12.1 Å². The van der Waals surface area contributed by atoms with Crippen molar-refractivity contribution >= 4 is 75.6 Å². The molecule has 3 heterocycles. The number of nitrogens with one attached hydrogen (secondary N) is 2. The summed E-state index contributed by atoms with van der Waals surface area (Å²) in [6.45, 7) is 1.07. The number of carboxylic acids is 1.